The molecule has 1 fully saturated rings. The summed E-state index contributed by atoms with van der Waals surface area (Å²) in [5.41, 5.74) is 0.963. The van der Waals surface area contributed by atoms with Crippen LogP contribution in [-0.2, 0) is 43.4 Å². The normalized spacial score (nSPS) is 17.2. The maximum absolute atomic E-state index is 13.6. The molecule has 0 aliphatic carbocycles. The first-order valence-corrected chi connectivity index (χ1v) is 14.0. The zero-order valence-corrected chi connectivity index (χ0v) is 23.9. The Balaban J connectivity index is 1.55. The molecule has 1 saturated heterocycles. The number of carbonyl (C=O) groups is 3. The van der Waals surface area contributed by atoms with Gasteiger partial charge in [-0.05, 0) is 88.9 Å². The fraction of sp³-hybridized carbons (Fsp3) is 0.516. The van der Waals surface area contributed by atoms with E-state index in [2.05, 4.69) is 5.32 Å². The van der Waals surface area contributed by atoms with Crippen LogP contribution < -0.4 is 10.1 Å². The van der Waals surface area contributed by atoms with Crippen LogP contribution in [-0.4, -0.2) is 60.9 Å². The van der Waals surface area contributed by atoms with E-state index in [4.69, 9.17) is 18.9 Å². The molecule has 1 atom stereocenters. The summed E-state index contributed by atoms with van der Waals surface area (Å²) < 4.78 is 23.1. The van der Waals surface area contributed by atoms with E-state index in [9.17, 15) is 14.4 Å². The van der Waals surface area contributed by atoms with Crippen molar-refractivity contribution >= 4 is 18.0 Å². The summed E-state index contributed by atoms with van der Waals surface area (Å²) in [5.74, 6) is -0.639. The van der Waals surface area contributed by atoms with Crippen LogP contribution >= 0.6 is 0 Å². The van der Waals surface area contributed by atoms with Crippen molar-refractivity contribution in [3.63, 3.8) is 0 Å². The van der Waals surface area contributed by atoms with Gasteiger partial charge in [-0.15, -0.1) is 0 Å². The number of fused-ring (bicyclic) bond motifs is 1. The maximum atomic E-state index is 13.6. The number of hydrogen-bond acceptors (Lipinski definition) is 8. The smallest absolute Gasteiger partial charge is 0.410 e. The van der Waals surface area contributed by atoms with Gasteiger partial charge in [0, 0.05) is 13.1 Å². The number of nitrogens with zero attached hydrogens (tertiary/aromatic N) is 1. The Hall–Kier alpha value is -3.59. The monoisotopic (exact) mass is 552 g/mol. The molecular weight excluding hydrogens is 512 g/mol. The highest BCUT2D eigenvalue weighted by Gasteiger charge is 2.54. The molecule has 1 unspecified atom stereocenters. The van der Waals surface area contributed by atoms with Crippen LogP contribution in [0.1, 0.15) is 57.2 Å². The van der Waals surface area contributed by atoms with Crippen molar-refractivity contribution < 1.29 is 33.3 Å². The van der Waals surface area contributed by atoms with Crippen molar-refractivity contribution in [1.82, 2.24) is 10.2 Å². The summed E-state index contributed by atoms with van der Waals surface area (Å²) in [7, 11) is 0. The van der Waals surface area contributed by atoms with Gasteiger partial charge in [0.15, 0.2) is 0 Å². The fourth-order valence-electron chi connectivity index (χ4n) is 5.17. The Morgan fingerprint density at radius 1 is 1.00 bits per heavy atom. The fourth-order valence-corrected chi connectivity index (χ4v) is 5.17. The number of ether oxygens (including phenoxy) is 4. The SMILES string of the molecule is CCOC(=O)C1(C(Oc2ccc3c(c2)CN(C(=O)OCc2ccccc2)CC3)C(=O)OC(C)(C)C)CCNCC1. The molecule has 216 valence electrons. The quantitative estimate of drug-likeness (QED) is 0.380. The number of carbonyl (C=O) groups excluding carboxylic acids is 3. The van der Waals surface area contributed by atoms with Gasteiger partial charge in [-0.25, -0.2) is 9.59 Å². The number of rotatable bonds is 8. The first kappa shape index (κ1) is 29.4. The third-order valence-corrected chi connectivity index (χ3v) is 7.21. The lowest BCUT2D eigenvalue weighted by Crippen LogP contribution is -2.56. The summed E-state index contributed by atoms with van der Waals surface area (Å²) in [6, 6.07) is 15.1. The first-order chi connectivity index (χ1) is 19.1. The van der Waals surface area contributed by atoms with E-state index in [1.165, 1.54) is 0 Å². The molecule has 40 heavy (non-hydrogen) atoms. The molecule has 2 heterocycles. The van der Waals surface area contributed by atoms with Crippen LogP contribution in [0.2, 0.25) is 0 Å². The number of hydrogen-bond donors (Lipinski definition) is 1. The minimum atomic E-state index is -1.19. The van der Waals surface area contributed by atoms with Crippen molar-refractivity contribution in [2.45, 2.75) is 71.8 Å². The van der Waals surface area contributed by atoms with Gasteiger partial charge in [-0.2, -0.15) is 0 Å². The van der Waals surface area contributed by atoms with Gasteiger partial charge in [0.05, 0.1) is 6.61 Å². The summed E-state index contributed by atoms with van der Waals surface area (Å²) >= 11 is 0. The number of benzene rings is 2. The predicted molar refractivity (Wildman–Crippen MR) is 149 cm³/mol. The van der Waals surface area contributed by atoms with Gasteiger partial charge < -0.3 is 29.2 Å². The zero-order chi connectivity index (χ0) is 28.8. The molecule has 2 aliphatic rings. The van der Waals surface area contributed by atoms with Crippen LogP contribution in [0.3, 0.4) is 0 Å². The van der Waals surface area contributed by atoms with Crippen molar-refractivity contribution in [2.75, 3.05) is 26.2 Å². The van der Waals surface area contributed by atoms with E-state index < -0.39 is 29.1 Å². The van der Waals surface area contributed by atoms with Gasteiger partial charge in [0.2, 0.25) is 6.10 Å². The lowest BCUT2D eigenvalue weighted by Gasteiger charge is -2.40. The predicted octanol–water partition coefficient (Wildman–Crippen LogP) is 4.40. The molecule has 0 aromatic heterocycles. The van der Waals surface area contributed by atoms with E-state index in [-0.39, 0.29) is 19.3 Å². The minimum absolute atomic E-state index is 0.199. The summed E-state index contributed by atoms with van der Waals surface area (Å²) in [5, 5.41) is 3.25. The molecule has 2 aromatic carbocycles. The van der Waals surface area contributed by atoms with Crippen molar-refractivity contribution in [3.05, 3.63) is 65.2 Å². The minimum Gasteiger partial charge on any atom is -0.477 e. The second-order valence-electron chi connectivity index (χ2n) is 11.3. The molecule has 1 amide bonds. The lowest BCUT2D eigenvalue weighted by atomic mass is 9.73. The first-order valence-electron chi connectivity index (χ1n) is 14.0. The molecule has 2 aromatic rings. The molecular formula is C31H40N2O7. The molecule has 0 bridgehead atoms. The Bertz CT molecular complexity index is 1190. The number of nitrogens with one attached hydrogen (secondary N) is 1. The van der Waals surface area contributed by atoms with E-state index in [1.807, 2.05) is 42.5 Å². The highest BCUT2D eigenvalue weighted by Crippen LogP contribution is 2.39. The number of esters is 2. The molecule has 0 spiro atoms. The second kappa shape index (κ2) is 12.7. The summed E-state index contributed by atoms with van der Waals surface area (Å²) in [4.78, 5) is 41.4. The average Bonchev–Trinajstić information content (AvgIpc) is 2.94. The van der Waals surface area contributed by atoms with Crippen LogP contribution in [0.5, 0.6) is 5.75 Å². The van der Waals surface area contributed by atoms with Crippen LogP contribution in [0.15, 0.2) is 48.5 Å². The Morgan fingerprint density at radius 2 is 1.73 bits per heavy atom. The third-order valence-electron chi connectivity index (χ3n) is 7.21. The zero-order valence-electron chi connectivity index (χ0n) is 23.9. The van der Waals surface area contributed by atoms with Gasteiger partial charge >= 0.3 is 18.0 Å². The lowest BCUT2D eigenvalue weighted by molar-refractivity contribution is -0.183. The molecule has 2 aliphatic heterocycles. The highest BCUT2D eigenvalue weighted by molar-refractivity contribution is 5.88. The highest BCUT2D eigenvalue weighted by atomic mass is 16.6. The maximum Gasteiger partial charge on any atom is 0.410 e. The van der Waals surface area contributed by atoms with Crippen LogP contribution in [0, 0.1) is 5.41 Å². The van der Waals surface area contributed by atoms with E-state index >= 15 is 0 Å². The summed E-state index contributed by atoms with van der Waals surface area (Å²) in [6.45, 7) is 9.49. The van der Waals surface area contributed by atoms with E-state index in [0.29, 0.717) is 51.2 Å². The molecule has 9 nitrogen and oxygen atoms in total. The van der Waals surface area contributed by atoms with E-state index in [1.54, 1.807) is 38.7 Å². The van der Waals surface area contributed by atoms with Crippen molar-refractivity contribution in [3.8, 4) is 5.75 Å². The topological polar surface area (TPSA) is 103 Å². The van der Waals surface area contributed by atoms with Crippen molar-refractivity contribution in [1.29, 1.82) is 0 Å². The number of piperidine rings is 1. The van der Waals surface area contributed by atoms with E-state index in [0.717, 1.165) is 16.7 Å². The second-order valence-corrected chi connectivity index (χ2v) is 11.3. The number of amides is 1. The molecule has 1 N–H and O–H groups in total. The van der Waals surface area contributed by atoms with Gasteiger partial charge in [0.25, 0.3) is 0 Å². The third kappa shape index (κ3) is 7.13. The van der Waals surface area contributed by atoms with Crippen LogP contribution in [0.4, 0.5) is 4.79 Å². The molecule has 9 heteroatoms. The van der Waals surface area contributed by atoms with Gasteiger partial charge in [0.1, 0.15) is 23.4 Å². The summed E-state index contributed by atoms with van der Waals surface area (Å²) in [6.07, 6.45) is -0.155. The Kier molecular flexibility index (Phi) is 9.35. The van der Waals surface area contributed by atoms with Gasteiger partial charge in [-0.3, -0.25) is 4.79 Å². The molecule has 0 saturated carbocycles. The average molecular weight is 553 g/mol. The molecule has 4 rings (SSSR count). The largest absolute Gasteiger partial charge is 0.477 e. The molecule has 0 radical (unpaired) electrons. The Morgan fingerprint density at radius 3 is 2.40 bits per heavy atom. The standard InChI is InChI=1S/C31H40N2O7/c1-5-37-28(35)31(14-16-32-17-15-31)26(27(34)40-30(2,3)4)39-25-12-11-23-13-18-33(20-24(23)19-25)29(36)38-21-22-9-7-6-8-10-22/h6-12,19,26,32H,5,13-18,20-21H2,1-4H3. The van der Waals surface area contributed by atoms with Crippen LogP contribution in [0.25, 0.3) is 0 Å². The Labute approximate surface area is 236 Å². The van der Waals surface area contributed by atoms with Gasteiger partial charge in [-0.1, -0.05) is 36.4 Å². The van der Waals surface area contributed by atoms with Crippen molar-refractivity contribution in [2.24, 2.45) is 5.41 Å².